The van der Waals surface area contributed by atoms with E-state index >= 15 is 0 Å². The summed E-state index contributed by atoms with van der Waals surface area (Å²) in [6.07, 6.45) is 6.51. The molecule has 19 heavy (non-hydrogen) atoms. The summed E-state index contributed by atoms with van der Waals surface area (Å²) in [5.41, 5.74) is 0. The summed E-state index contributed by atoms with van der Waals surface area (Å²) >= 11 is 0. The van der Waals surface area contributed by atoms with Crippen molar-refractivity contribution in [1.82, 2.24) is 9.80 Å². The third-order valence-electron chi connectivity index (χ3n) is 4.69. The van der Waals surface area contributed by atoms with Gasteiger partial charge in [0.05, 0.1) is 12.1 Å². The normalized spacial score (nSPS) is 29.8. The summed E-state index contributed by atoms with van der Waals surface area (Å²) in [4.78, 5) is 16.7. The van der Waals surface area contributed by atoms with Crippen LogP contribution in [0.15, 0.2) is 0 Å². The molecule has 1 N–H and O–H groups in total. The summed E-state index contributed by atoms with van der Waals surface area (Å²) in [5, 5.41) is 9.32. The number of hydrogen-bond acceptors (Lipinski definition) is 3. The largest absolute Gasteiger partial charge is 0.393 e. The van der Waals surface area contributed by atoms with E-state index in [4.69, 9.17) is 0 Å². The lowest BCUT2D eigenvalue weighted by molar-refractivity contribution is -0.136. The predicted molar refractivity (Wildman–Crippen MR) is 75.9 cm³/mol. The van der Waals surface area contributed by atoms with Crippen LogP contribution in [0.2, 0.25) is 0 Å². The quantitative estimate of drug-likeness (QED) is 0.840. The highest BCUT2D eigenvalue weighted by atomic mass is 16.3. The van der Waals surface area contributed by atoms with E-state index in [1.807, 2.05) is 18.9 Å². The van der Waals surface area contributed by atoms with E-state index in [1.54, 1.807) is 0 Å². The van der Waals surface area contributed by atoms with Gasteiger partial charge in [0.15, 0.2) is 0 Å². The standard InChI is InChI=1S/C15H28N2O2/c1-12(16(2)11-13-9-14(18)10-13)15(19)17-7-5-3-4-6-8-17/h12-14,18H,3-11H2,1-2H3. The molecule has 0 aromatic heterocycles. The monoisotopic (exact) mass is 268 g/mol. The maximum atomic E-state index is 12.5. The SMILES string of the molecule is CC(C(=O)N1CCCCCC1)N(C)CC1CC(O)C1. The molecule has 1 amide bonds. The Labute approximate surface area is 116 Å². The van der Waals surface area contributed by atoms with Crippen molar-refractivity contribution >= 4 is 5.91 Å². The second-order valence-electron chi connectivity index (χ2n) is 6.35. The van der Waals surface area contributed by atoms with Gasteiger partial charge >= 0.3 is 0 Å². The fraction of sp³-hybridized carbons (Fsp3) is 0.933. The van der Waals surface area contributed by atoms with E-state index in [1.165, 1.54) is 12.8 Å². The number of aliphatic hydroxyl groups is 1. The van der Waals surface area contributed by atoms with Gasteiger partial charge < -0.3 is 10.0 Å². The van der Waals surface area contributed by atoms with Crippen LogP contribution < -0.4 is 0 Å². The zero-order chi connectivity index (χ0) is 13.8. The van der Waals surface area contributed by atoms with Crippen LogP contribution in [0.25, 0.3) is 0 Å². The number of carbonyl (C=O) groups is 1. The van der Waals surface area contributed by atoms with Crippen LogP contribution >= 0.6 is 0 Å². The Balaban J connectivity index is 1.79. The second-order valence-corrected chi connectivity index (χ2v) is 6.35. The molecule has 0 aromatic rings. The Bertz CT molecular complexity index is 295. The van der Waals surface area contributed by atoms with Crippen LogP contribution in [0.5, 0.6) is 0 Å². The average Bonchev–Trinajstić information content (AvgIpc) is 2.63. The van der Waals surface area contributed by atoms with Crippen molar-refractivity contribution in [2.24, 2.45) is 5.92 Å². The highest BCUT2D eigenvalue weighted by Gasteiger charge is 2.31. The molecule has 1 aliphatic heterocycles. The fourth-order valence-corrected chi connectivity index (χ4v) is 3.16. The summed E-state index contributed by atoms with van der Waals surface area (Å²) in [7, 11) is 2.03. The summed E-state index contributed by atoms with van der Waals surface area (Å²) in [6, 6.07) is -0.0316. The maximum absolute atomic E-state index is 12.5. The maximum Gasteiger partial charge on any atom is 0.239 e. The molecule has 0 aromatic carbocycles. The summed E-state index contributed by atoms with van der Waals surface area (Å²) in [6.45, 7) is 4.80. The number of aliphatic hydroxyl groups excluding tert-OH is 1. The molecule has 0 bridgehead atoms. The number of likely N-dealkylation sites (tertiary alicyclic amines) is 1. The topological polar surface area (TPSA) is 43.8 Å². The first kappa shape index (κ1) is 14.8. The number of hydrogen-bond donors (Lipinski definition) is 1. The van der Waals surface area contributed by atoms with Crippen LogP contribution in [-0.2, 0) is 4.79 Å². The van der Waals surface area contributed by atoms with E-state index in [0.717, 1.165) is 45.3 Å². The van der Waals surface area contributed by atoms with Crippen molar-refractivity contribution in [2.45, 2.75) is 57.6 Å². The number of rotatable bonds is 4. The smallest absolute Gasteiger partial charge is 0.239 e. The van der Waals surface area contributed by atoms with Crippen molar-refractivity contribution in [1.29, 1.82) is 0 Å². The van der Waals surface area contributed by atoms with Crippen LogP contribution in [0.1, 0.15) is 45.4 Å². The third kappa shape index (κ3) is 3.93. The van der Waals surface area contributed by atoms with Gasteiger partial charge in [0.1, 0.15) is 0 Å². The van der Waals surface area contributed by atoms with Gasteiger partial charge in [0.25, 0.3) is 0 Å². The van der Waals surface area contributed by atoms with Gasteiger partial charge in [-0.05, 0) is 45.6 Å². The molecule has 1 heterocycles. The van der Waals surface area contributed by atoms with Crippen LogP contribution in [-0.4, -0.2) is 59.6 Å². The zero-order valence-corrected chi connectivity index (χ0v) is 12.3. The van der Waals surface area contributed by atoms with Gasteiger partial charge in [-0.15, -0.1) is 0 Å². The van der Waals surface area contributed by atoms with Gasteiger partial charge in [-0.3, -0.25) is 9.69 Å². The number of carbonyl (C=O) groups excluding carboxylic acids is 1. The highest BCUT2D eigenvalue weighted by Crippen LogP contribution is 2.28. The first-order valence-electron chi connectivity index (χ1n) is 7.75. The first-order chi connectivity index (χ1) is 9.08. The molecule has 2 fully saturated rings. The van der Waals surface area contributed by atoms with Crippen molar-refractivity contribution in [3.05, 3.63) is 0 Å². The van der Waals surface area contributed by atoms with Gasteiger partial charge in [-0.2, -0.15) is 0 Å². The Morgan fingerprint density at radius 2 is 1.84 bits per heavy atom. The molecule has 2 rings (SSSR count). The average molecular weight is 268 g/mol. The molecule has 0 radical (unpaired) electrons. The predicted octanol–water partition coefficient (Wildman–Crippen LogP) is 1.48. The van der Waals surface area contributed by atoms with Crippen LogP contribution in [0, 0.1) is 5.92 Å². The van der Waals surface area contributed by atoms with E-state index in [-0.39, 0.29) is 18.1 Å². The Kier molecular flexibility index (Phi) is 5.22. The van der Waals surface area contributed by atoms with Gasteiger partial charge in [-0.25, -0.2) is 0 Å². The molecule has 1 saturated heterocycles. The van der Waals surface area contributed by atoms with Gasteiger partial charge in [0, 0.05) is 19.6 Å². The van der Waals surface area contributed by atoms with E-state index in [0.29, 0.717) is 5.92 Å². The van der Waals surface area contributed by atoms with Crippen LogP contribution in [0.3, 0.4) is 0 Å². The minimum absolute atomic E-state index is 0.0316. The second kappa shape index (κ2) is 6.71. The lowest BCUT2D eigenvalue weighted by atomic mass is 9.82. The Morgan fingerprint density at radius 1 is 1.26 bits per heavy atom. The molecule has 4 heteroatoms. The zero-order valence-electron chi connectivity index (χ0n) is 12.3. The minimum Gasteiger partial charge on any atom is -0.393 e. The molecule has 110 valence electrons. The van der Waals surface area contributed by atoms with Crippen molar-refractivity contribution in [3.63, 3.8) is 0 Å². The van der Waals surface area contributed by atoms with Gasteiger partial charge in [0.2, 0.25) is 5.91 Å². The Morgan fingerprint density at radius 3 is 2.37 bits per heavy atom. The fourth-order valence-electron chi connectivity index (χ4n) is 3.16. The van der Waals surface area contributed by atoms with E-state index in [9.17, 15) is 9.90 Å². The lowest BCUT2D eigenvalue weighted by Crippen LogP contribution is -2.48. The Hall–Kier alpha value is -0.610. The third-order valence-corrected chi connectivity index (χ3v) is 4.69. The van der Waals surface area contributed by atoms with E-state index in [2.05, 4.69) is 4.90 Å². The van der Waals surface area contributed by atoms with Crippen LogP contribution in [0.4, 0.5) is 0 Å². The molecule has 2 aliphatic rings. The van der Waals surface area contributed by atoms with Crippen molar-refractivity contribution < 1.29 is 9.90 Å². The molecule has 1 unspecified atom stereocenters. The van der Waals surface area contributed by atoms with Gasteiger partial charge in [-0.1, -0.05) is 12.8 Å². The van der Waals surface area contributed by atoms with E-state index < -0.39 is 0 Å². The minimum atomic E-state index is -0.102. The molecular formula is C15H28N2O2. The molecule has 1 aliphatic carbocycles. The van der Waals surface area contributed by atoms with Crippen molar-refractivity contribution in [3.8, 4) is 0 Å². The number of nitrogens with zero attached hydrogens (tertiary/aromatic N) is 2. The molecule has 1 atom stereocenters. The molecule has 1 saturated carbocycles. The molecule has 0 spiro atoms. The summed E-state index contributed by atoms with van der Waals surface area (Å²) in [5.74, 6) is 0.851. The molecule has 4 nitrogen and oxygen atoms in total. The first-order valence-corrected chi connectivity index (χ1v) is 7.75. The number of likely N-dealkylation sites (N-methyl/N-ethyl adjacent to an activating group) is 1. The highest BCUT2D eigenvalue weighted by molar-refractivity contribution is 5.81. The summed E-state index contributed by atoms with van der Waals surface area (Å²) < 4.78 is 0. The lowest BCUT2D eigenvalue weighted by Gasteiger charge is -2.37. The van der Waals surface area contributed by atoms with Crippen molar-refractivity contribution in [2.75, 3.05) is 26.7 Å². The molecular weight excluding hydrogens is 240 g/mol. The number of amides is 1.